The Labute approximate surface area is 104 Å². The van der Waals surface area contributed by atoms with Gasteiger partial charge in [0.2, 0.25) is 10.3 Å². The van der Waals surface area contributed by atoms with Crippen molar-refractivity contribution in [3.05, 3.63) is 30.1 Å². The molecule has 0 aliphatic rings. The van der Waals surface area contributed by atoms with Crippen LogP contribution in [0.3, 0.4) is 0 Å². The summed E-state index contributed by atoms with van der Waals surface area (Å²) in [6, 6.07) is 3.94. The van der Waals surface area contributed by atoms with Crippen LogP contribution in [0.25, 0.3) is 0 Å². The van der Waals surface area contributed by atoms with E-state index in [0.29, 0.717) is 5.13 Å². The molecular formula is C9H12ClN5S. The normalized spacial score (nSPS) is 9.56. The summed E-state index contributed by atoms with van der Waals surface area (Å²) in [4.78, 5) is 6.04. The second-order valence-corrected chi connectivity index (χ2v) is 4.13. The highest BCUT2D eigenvalue weighted by atomic mass is 35.5. The summed E-state index contributed by atoms with van der Waals surface area (Å²) in [7, 11) is 1.95. The topological polar surface area (TPSA) is 67.9 Å². The lowest BCUT2D eigenvalue weighted by molar-refractivity contribution is 0.889. The van der Waals surface area contributed by atoms with Gasteiger partial charge in [-0.05, 0) is 11.6 Å². The predicted molar refractivity (Wildman–Crippen MR) is 67.9 cm³/mol. The van der Waals surface area contributed by atoms with Gasteiger partial charge >= 0.3 is 0 Å². The van der Waals surface area contributed by atoms with Gasteiger partial charge in [-0.25, -0.2) is 0 Å². The quantitative estimate of drug-likeness (QED) is 0.904. The maximum Gasteiger partial charge on any atom is 0.210 e. The van der Waals surface area contributed by atoms with Crippen LogP contribution in [0.1, 0.15) is 5.56 Å². The molecule has 0 fully saturated rings. The molecule has 0 aliphatic heterocycles. The fourth-order valence-electron chi connectivity index (χ4n) is 1.21. The Morgan fingerprint density at radius 2 is 2.25 bits per heavy atom. The largest absolute Gasteiger partial charge is 0.374 e. The monoisotopic (exact) mass is 257 g/mol. The maximum atomic E-state index is 5.52. The van der Waals surface area contributed by atoms with Crippen molar-refractivity contribution in [2.75, 3.05) is 17.7 Å². The molecule has 0 aromatic carbocycles. The lowest BCUT2D eigenvalue weighted by Crippen LogP contribution is -2.16. The number of anilines is 2. The van der Waals surface area contributed by atoms with Gasteiger partial charge in [-0.3, -0.25) is 4.98 Å². The fourth-order valence-corrected chi connectivity index (χ4v) is 1.78. The molecule has 0 bridgehead atoms. The second kappa shape index (κ2) is 5.62. The average molecular weight is 258 g/mol. The van der Waals surface area contributed by atoms with Gasteiger partial charge in [-0.15, -0.1) is 22.6 Å². The molecule has 86 valence electrons. The van der Waals surface area contributed by atoms with Gasteiger partial charge in [0.05, 0.1) is 0 Å². The summed E-state index contributed by atoms with van der Waals surface area (Å²) in [5.74, 6) is 0. The van der Waals surface area contributed by atoms with Crippen molar-refractivity contribution in [2.24, 2.45) is 0 Å². The molecule has 2 aromatic rings. The van der Waals surface area contributed by atoms with Gasteiger partial charge in [0, 0.05) is 26.0 Å². The molecule has 0 amide bonds. The Kier molecular flexibility index (Phi) is 4.45. The SMILES string of the molecule is CN(Cc1cccnc1)c1nnc(N)s1.Cl. The first kappa shape index (κ1) is 12.7. The van der Waals surface area contributed by atoms with E-state index < -0.39 is 0 Å². The Hall–Kier alpha value is -1.40. The zero-order valence-corrected chi connectivity index (χ0v) is 10.3. The minimum absolute atomic E-state index is 0. The van der Waals surface area contributed by atoms with Crippen LogP contribution in [0.15, 0.2) is 24.5 Å². The molecule has 0 saturated carbocycles. The smallest absolute Gasteiger partial charge is 0.210 e. The van der Waals surface area contributed by atoms with Gasteiger partial charge in [0.15, 0.2) is 0 Å². The summed E-state index contributed by atoms with van der Waals surface area (Å²) >= 11 is 1.38. The van der Waals surface area contributed by atoms with Gasteiger partial charge in [-0.2, -0.15) is 0 Å². The van der Waals surface area contributed by atoms with Crippen molar-refractivity contribution in [3.63, 3.8) is 0 Å². The molecule has 16 heavy (non-hydrogen) atoms. The van der Waals surface area contributed by atoms with E-state index in [1.807, 2.05) is 30.3 Å². The van der Waals surface area contributed by atoms with Crippen molar-refractivity contribution < 1.29 is 0 Å². The second-order valence-electron chi connectivity index (χ2n) is 3.14. The molecule has 0 saturated heterocycles. The minimum Gasteiger partial charge on any atom is -0.374 e. The van der Waals surface area contributed by atoms with Gasteiger partial charge in [0.1, 0.15) is 0 Å². The van der Waals surface area contributed by atoms with Gasteiger partial charge < -0.3 is 10.6 Å². The molecule has 2 N–H and O–H groups in total. The van der Waals surface area contributed by atoms with E-state index in [0.717, 1.165) is 17.2 Å². The van der Waals surface area contributed by atoms with Crippen LogP contribution in [0.2, 0.25) is 0 Å². The van der Waals surface area contributed by atoms with E-state index in [9.17, 15) is 0 Å². The number of hydrogen-bond acceptors (Lipinski definition) is 6. The van der Waals surface area contributed by atoms with E-state index in [2.05, 4.69) is 15.2 Å². The summed E-state index contributed by atoms with van der Waals surface area (Å²) in [6.45, 7) is 0.752. The third-order valence-corrected chi connectivity index (χ3v) is 2.77. The van der Waals surface area contributed by atoms with Gasteiger partial charge in [-0.1, -0.05) is 17.4 Å². The number of aromatic nitrogens is 3. The minimum atomic E-state index is 0. The first-order valence-corrected chi connectivity index (χ1v) is 5.26. The van der Waals surface area contributed by atoms with Crippen LogP contribution in [-0.2, 0) is 6.54 Å². The highest BCUT2D eigenvalue weighted by Gasteiger charge is 2.07. The predicted octanol–water partition coefficient (Wildman–Crippen LogP) is 1.57. The Balaban J connectivity index is 0.00000128. The first-order valence-electron chi connectivity index (χ1n) is 4.45. The van der Waals surface area contributed by atoms with E-state index in [1.54, 1.807) is 6.20 Å². The molecule has 0 atom stereocenters. The van der Waals surface area contributed by atoms with Gasteiger partial charge in [0.25, 0.3) is 0 Å². The number of halogens is 1. The van der Waals surface area contributed by atoms with Crippen molar-refractivity contribution in [1.29, 1.82) is 0 Å². The third-order valence-electron chi connectivity index (χ3n) is 1.90. The molecular weight excluding hydrogens is 246 g/mol. The molecule has 2 heterocycles. The lowest BCUT2D eigenvalue weighted by Gasteiger charge is -2.14. The molecule has 0 unspecified atom stereocenters. The number of pyridine rings is 1. The van der Waals surface area contributed by atoms with E-state index in [4.69, 9.17) is 5.73 Å². The van der Waals surface area contributed by atoms with E-state index in [1.165, 1.54) is 11.3 Å². The van der Waals surface area contributed by atoms with Crippen LogP contribution in [0, 0.1) is 0 Å². The maximum absolute atomic E-state index is 5.52. The Morgan fingerprint density at radius 3 is 2.81 bits per heavy atom. The average Bonchev–Trinajstić information content (AvgIpc) is 2.66. The number of hydrogen-bond donors (Lipinski definition) is 1. The molecule has 7 heteroatoms. The summed E-state index contributed by atoms with van der Waals surface area (Å²) in [5, 5.41) is 9.03. The van der Waals surface area contributed by atoms with Crippen molar-refractivity contribution in [3.8, 4) is 0 Å². The fraction of sp³-hybridized carbons (Fsp3) is 0.222. The van der Waals surface area contributed by atoms with Crippen LogP contribution in [0.5, 0.6) is 0 Å². The zero-order chi connectivity index (χ0) is 10.7. The molecule has 5 nitrogen and oxygen atoms in total. The summed E-state index contributed by atoms with van der Waals surface area (Å²) in [5.41, 5.74) is 6.65. The summed E-state index contributed by atoms with van der Waals surface area (Å²) < 4.78 is 0. The number of nitrogen functional groups attached to an aromatic ring is 1. The Morgan fingerprint density at radius 1 is 1.44 bits per heavy atom. The zero-order valence-electron chi connectivity index (χ0n) is 8.70. The number of rotatable bonds is 3. The van der Waals surface area contributed by atoms with Crippen molar-refractivity contribution >= 4 is 34.0 Å². The molecule has 2 rings (SSSR count). The van der Waals surface area contributed by atoms with Crippen molar-refractivity contribution in [1.82, 2.24) is 15.2 Å². The van der Waals surface area contributed by atoms with Crippen molar-refractivity contribution in [2.45, 2.75) is 6.54 Å². The van der Waals surface area contributed by atoms with Crippen LogP contribution in [0.4, 0.5) is 10.3 Å². The summed E-state index contributed by atoms with van der Waals surface area (Å²) in [6.07, 6.45) is 3.59. The number of nitrogens with two attached hydrogens (primary N) is 1. The van der Waals surface area contributed by atoms with Crippen LogP contribution < -0.4 is 10.6 Å². The molecule has 0 aliphatic carbocycles. The van der Waals surface area contributed by atoms with E-state index in [-0.39, 0.29) is 12.4 Å². The molecule has 0 spiro atoms. The van der Waals surface area contributed by atoms with Crippen LogP contribution >= 0.6 is 23.7 Å². The van der Waals surface area contributed by atoms with Crippen LogP contribution in [-0.4, -0.2) is 22.2 Å². The molecule has 2 aromatic heterocycles. The van der Waals surface area contributed by atoms with E-state index >= 15 is 0 Å². The highest BCUT2D eigenvalue weighted by Crippen LogP contribution is 2.21. The number of nitrogens with zero attached hydrogens (tertiary/aromatic N) is 4. The first-order chi connectivity index (χ1) is 7.25. The lowest BCUT2D eigenvalue weighted by atomic mass is 10.3. The Bertz CT molecular complexity index is 432. The highest BCUT2D eigenvalue weighted by molar-refractivity contribution is 7.18. The third kappa shape index (κ3) is 3.04. The molecule has 0 radical (unpaired) electrons. The standard InChI is InChI=1S/C9H11N5S.ClH/c1-14(9-13-12-8(10)15-9)6-7-3-2-4-11-5-7;/h2-5H,6H2,1H3,(H2,10,12);1H.